The van der Waals surface area contributed by atoms with Gasteiger partial charge in [-0.05, 0) is 62.3 Å². The van der Waals surface area contributed by atoms with Crippen LogP contribution in [0, 0.1) is 11.6 Å². The molecule has 2 heterocycles. The van der Waals surface area contributed by atoms with Crippen molar-refractivity contribution < 1.29 is 17.2 Å². The van der Waals surface area contributed by atoms with Crippen molar-refractivity contribution in [1.29, 1.82) is 0 Å². The van der Waals surface area contributed by atoms with Gasteiger partial charge in [0.25, 0.3) is 0 Å². The Kier molecular flexibility index (Phi) is 6.30. The van der Waals surface area contributed by atoms with Crippen molar-refractivity contribution in [3.8, 4) is 0 Å². The van der Waals surface area contributed by atoms with Crippen LogP contribution in [0.15, 0.2) is 41.3 Å². The van der Waals surface area contributed by atoms with Crippen LogP contribution in [0.3, 0.4) is 0 Å². The Balaban J connectivity index is 1.33. The van der Waals surface area contributed by atoms with Crippen LogP contribution in [0.25, 0.3) is 11.0 Å². The number of imidazole rings is 1. The first-order chi connectivity index (χ1) is 14.7. The summed E-state index contributed by atoms with van der Waals surface area (Å²) in [7, 11) is -2.30. The molecular formula is C21H23ClF2N4O2S. The minimum atomic E-state index is -3.80. The quantitative estimate of drug-likeness (QED) is 0.593. The number of likely N-dealkylation sites (N-methyl/N-ethyl adjacent to an activating group) is 1. The van der Waals surface area contributed by atoms with Gasteiger partial charge in [0.2, 0.25) is 10.0 Å². The van der Waals surface area contributed by atoms with E-state index in [1.807, 2.05) is 0 Å². The number of sulfonamides is 1. The number of rotatable bonds is 6. The van der Waals surface area contributed by atoms with Crippen molar-refractivity contribution in [3.05, 3.63) is 58.9 Å². The highest BCUT2D eigenvalue weighted by Crippen LogP contribution is 2.28. The Morgan fingerprint density at radius 1 is 1.16 bits per heavy atom. The van der Waals surface area contributed by atoms with E-state index in [-0.39, 0.29) is 21.7 Å². The zero-order valence-electron chi connectivity index (χ0n) is 17.0. The molecule has 0 atom stereocenters. The second-order valence-electron chi connectivity index (χ2n) is 7.80. The lowest BCUT2D eigenvalue weighted by molar-refractivity contribution is 0.201. The summed E-state index contributed by atoms with van der Waals surface area (Å²) in [5, 5.41) is -0.126. The molecule has 1 saturated heterocycles. The molecule has 0 spiro atoms. The van der Waals surface area contributed by atoms with Gasteiger partial charge in [-0.1, -0.05) is 11.6 Å². The second-order valence-corrected chi connectivity index (χ2v) is 10.2. The molecule has 0 amide bonds. The van der Waals surface area contributed by atoms with E-state index in [1.54, 1.807) is 6.07 Å². The summed E-state index contributed by atoms with van der Waals surface area (Å²) < 4.78 is 53.4. The number of fused-ring (bicyclic) bond motifs is 1. The zero-order chi connectivity index (χ0) is 22.2. The molecule has 0 radical (unpaired) electrons. The van der Waals surface area contributed by atoms with Crippen LogP contribution >= 0.6 is 11.6 Å². The summed E-state index contributed by atoms with van der Waals surface area (Å²) in [5.74, 6) is 0.250. The number of H-pyrrole nitrogens is 1. The number of nitrogens with one attached hydrogen (secondary N) is 1. The van der Waals surface area contributed by atoms with Crippen LogP contribution in [0.1, 0.15) is 24.6 Å². The fourth-order valence-corrected chi connectivity index (χ4v) is 5.54. The molecule has 10 heteroatoms. The van der Waals surface area contributed by atoms with E-state index in [0.717, 1.165) is 49.4 Å². The van der Waals surface area contributed by atoms with Crippen LogP contribution in [0.2, 0.25) is 5.02 Å². The van der Waals surface area contributed by atoms with Crippen LogP contribution in [0.5, 0.6) is 0 Å². The van der Waals surface area contributed by atoms with Crippen molar-refractivity contribution in [3.63, 3.8) is 0 Å². The van der Waals surface area contributed by atoms with Gasteiger partial charge in [-0.2, -0.15) is 4.31 Å². The van der Waals surface area contributed by atoms with Gasteiger partial charge in [-0.25, -0.2) is 22.2 Å². The van der Waals surface area contributed by atoms with Crippen molar-refractivity contribution >= 4 is 32.7 Å². The van der Waals surface area contributed by atoms with E-state index >= 15 is 0 Å². The molecule has 4 rings (SSSR count). The van der Waals surface area contributed by atoms with Gasteiger partial charge in [0.05, 0.1) is 16.1 Å². The Hall–Kier alpha value is -2.07. The average molecular weight is 469 g/mol. The predicted octanol–water partition coefficient (Wildman–Crippen LogP) is 3.99. The van der Waals surface area contributed by atoms with Crippen molar-refractivity contribution in [2.45, 2.75) is 23.7 Å². The smallest absolute Gasteiger partial charge is 0.244 e. The van der Waals surface area contributed by atoms with Crippen LogP contribution in [-0.2, 0) is 10.0 Å². The van der Waals surface area contributed by atoms with Crippen molar-refractivity contribution in [2.75, 3.05) is 33.2 Å². The summed E-state index contributed by atoms with van der Waals surface area (Å²) in [6.07, 6.45) is 1.76. The lowest BCUT2D eigenvalue weighted by Crippen LogP contribution is -2.40. The Bertz CT molecular complexity index is 1190. The number of hydrogen-bond acceptors (Lipinski definition) is 4. The number of benzene rings is 2. The lowest BCUT2D eigenvalue weighted by Gasteiger charge is -2.32. The molecular weight excluding hydrogens is 446 g/mol. The maximum absolute atomic E-state index is 13.4. The largest absolute Gasteiger partial charge is 0.342 e. The normalized spacial score (nSPS) is 16.4. The van der Waals surface area contributed by atoms with E-state index in [0.29, 0.717) is 18.6 Å². The summed E-state index contributed by atoms with van der Waals surface area (Å²) in [6, 6.07) is 7.80. The third-order valence-corrected chi connectivity index (χ3v) is 8.09. The molecule has 6 nitrogen and oxygen atoms in total. The van der Waals surface area contributed by atoms with Gasteiger partial charge in [-0.3, -0.25) is 0 Å². The maximum atomic E-state index is 13.4. The third-order valence-electron chi connectivity index (χ3n) is 5.75. The van der Waals surface area contributed by atoms with Gasteiger partial charge in [0.15, 0.2) is 0 Å². The number of nitrogens with zero attached hydrogens (tertiary/aromatic N) is 3. The summed E-state index contributed by atoms with van der Waals surface area (Å²) in [4.78, 5) is 9.92. The molecule has 1 fully saturated rings. The van der Waals surface area contributed by atoms with E-state index < -0.39 is 15.8 Å². The Morgan fingerprint density at radius 3 is 2.55 bits per heavy atom. The minimum Gasteiger partial charge on any atom is -0.342 e. The zero-order valence-corrected chi connectivity index (χ0v) is 18.6. The number of piperidine rings is 1. The molecule has 2 aromatic carbocycles. The van der Waals surface area contributed by atoms with Gasteiger partial charge in [0.1, 0.15) is 22.4 Å². The first-order valence-corrected chi connectivity index (χ1v) is 11.8. The Labute approximate surface area is 184 Å². The molecule has 1 N–H and O–H groups in total. The average Bonchev–Trinajstić information content (AvgIpc) is 3.15. The van der Waals surface area contributed by atoms with Crippen molar-refractivity contribution in [2.24, 2.45) is 0 Å². The van der Waals surface area contributed by atoms with Crippen molar-refractivity contribution in [1.82, 2.24) is 19.2 Å². The third kappa shape index (κ3) is 4.74. The van der Waals surface area contributed by atoms with Gasteiger partial charge in [-0.15, -0.1) is 0 Å². The van der Waals surface area contributed by atoms with Crippen LogP contribution in [-0.4, -0.2) is 60.8 Å². The van der Waals surface area contributed by atoms with Crippen LogP contribution < -0.4 is 0 Å². The summed E-state index contributed by atoms with van der Waals surface area (Å²) >= 11 is 5.93. The molecule has 3 aromatic rings. The van der Waals surface area contributed by atoms with Crippen LogP contribution in [0.4, 0.5) is 8.78 Å². The fraction of sp³-hybridized carbons (Fsp3) is 0.381. The molecule has 0 saturated carbocycles. The summed E-state index contributed by atoms with van der Waals surface area (Å²) in [6.45, 7) is 2.49. The molecule has 0 bridgehead atoms. The highest BCUT2D eigenvalue weighted by molar-refractivity contribution is 7.89. The monoisotopic (exact) mass is 468 g/mol. The topological polar surface area (TPSA) is 69.3 Å². The molecule has 1 aliphatic rings. The fourth-order valence-electron chi connectivity index (χ4n) is 3.88. The molecule has 166 valence electrons. The number of aromatic amines is 1. The molecule has 1 aliphatic heterocycles. The van der Waals surface area contributed by atoms with E-state index in [9.17, 15) is 17.2 Å². The first-order valence-electron chi connectivity index (χ1n) is 10.0. The SMILES string of the molecule is CN(CCN1CCC(c2nc3ccc(F)cc3[nH]2)CC1)S(=O)(=O)c1ccc(F)cc1Cl. The molecule has 31 heavy (non-hydrogen) atoms. The van der Waals surface area contributed by atoms with Gasteiger partial charge < -0.3 is 9.88 Å². The first kappa shape index (κ1) is 22.1. The molecule has 1 aromatic heterocycles. The van der Waals surface area contributed by atoms with Gasteiger partial charge in [0, 0.05) is 26.1 Å². The van der Waals surface area contributed by atoms with Gasteiger partial charge >= 0.3 is 0 Å². The minimum absolute atomic E-state index is 0.0990. The highest BCUT2D eigenvalue weighted by Gasteiger charge is 2.26. The van der Waals surface area contributed by atoms with E-state index in [4.69, 9.17) is 11.6 Å². The maximum Gasteiger partial charge on any atom is 0.244 e. The number of likely N-dealkylation sites (tertiary alicyclic amines) is 1. The number of hydrogen-bond donors (Lipinski definition) is 1. The summed E-state index contributed by atoms with van der Waals surface area (Å²) in [5.41, 5.74) is 1.45. The molecule has 0 aliphatic carbocycles. The lowest BCUT2D eigenvalue weighted by atomic mass is 9.96. The highest BCUT2D eigenvalue weighted by atomic mass is 35.5. The van der Waals surface area contributed by atoms with E-state index in [2.05, 4.69) is 14.9 Å². The Morgan fingerprint density at radius 2 is 1.84 bits per heavy atom. The number of aromatic nitrogens is 2. The molecule has 0 unspecified atom stereocenters. The second kappa shape index (κ2) is 8.82. The number of halogens is 3. The predicted molar refractivity (Wildman–Crippen MR) is 116 cm³/mol. The standard InChI is InChI=1S/C21H23ClF2N4O2S/c1-27(31(29,30)20-5-3-15(23)12-17(20)22)10-11-28-8-6-14(7-9-28)21-25-18-4-2-16(24)13-19(18)26-21/h2-5,12-14H,6-11H2,1H3,(H,25,26). The van der Waals surface area contributed by atoms with E-state index in [1.165, 1.54) is 29.6 Å².